The maximum absolute atomic E-state index is 6.07. The molecule has 0 radical (unpaired) electrons. The van der Waals surface area contributed by atoms with Crippen LogP contribution in [0.25, 0.3) is 11.1 Å². The molecule has 0 amide bonds. The molecule has 0 aromatic heterocycles. The van der Waals surface area contributed by atoms with Crippen LogP contribution in [0.15, 0.2) is 48.5 Å². The summed E-state index contributed by atoms with van der Waals surface area (Å²) < 4.78 is 12.1. The number of hydrogen-bond acceptors (Lipinski definition) is 2. The van der Waals surface area contributed by atoms with E-state index in [1.54, 1.807) is 0 Å². The van der Waals surface area contributed by atoms with Gasteiger partial charge < -0.3 is 9.47 Å². The van der Waals surface area contributed by atoms with Crippen molar-refractivity contribution < 1.29 is 9.47 Å². The van der Waals surface area contributed by atoms with Crippen LogP contribution in [-0.2, 0) is 9.47 Å². The van der Waals surface area contributed by atoms with Crippen LogP contribution < -0.4 is 0 Å². The van der Waals surface area contributed by atoms with E-state index in [1.807, 2.05) is 0 Å². The van der Waals surface area contributed by atoms with Crippen molar-refractivity contribution in [3.8, 4) is 11.1 Å². The van der Waals surface area contributed by atoms with Gasteiger partial charge in [0.15, 0.2) is 0 Å². The molecule has 1 aliphatic heterocycles. The Hall–Kier alpha value is -1.64. The van der Waals surface area contributed by atoms with Crippen LogP contribution in [0.2, 0.25) is 0 Å². The Labute approximate surface area is 152 Å². The molecule has 0 saturated carbocycles. The molecule has 0 spiro atoms. The van der Waals surface area contributed by atoms with E-state index < -0.39 is 0 Å². The average Bonchev–Trinajstić information content (AvgIpc) is 2.67. The Kier molecular flexibility index (Phi) is 6.66. The number of aryl methyl sites for hydroxylation is 1. The van der Waals surface area contributed by atoms with Crippen LogP contribution in [-0.4, -0.2) is 19.3 Å². The molecule has 1 aliphatic rings. The highest BCUT2D eigenvalue weighted by Crippen LogP contribution is 2.27. The first-order valence-corrected chi connectivity index (χ1v) is 9.66. The van der Waals surface area contributed by atoms with Gasteiger partial charge in [-0.25, -0.2) is 0 Å². The molecule has 134 valence electrons. The molecule has 2 aromatic carbocycles. The molecule has 0 aliphatic carbocycles. The van der Waals surface area contributed by atoms with Gasteiger partial charge in [-0.15, -0.1) is 0 Å². The molecule has 1 saturated heterocycles. The maximum atomic E-state index is 6.07. The van der Waals surface area contributed by atoms with Crippen LogP contribution in [0.1, 0.15) is 56.3 Å². The van der Waals surface area contributed by atoms with Gasteiger partial charge in [0.25, 0.3) is 0 Å². The second-order valence-electron chi connectivity index (χ2n) is 7.11. The van der Waals surface area contributed by atoms with Crippen molar-refractivity contribution in [1.82, 2.24) is 0 Å². The highest BCUT2D eigenvalue weighted by atomic mass is 16.6. The Balaban J connectivity index is 1.51. The largest absolute Gasteiger partial charge is 0.373 e. The number of hydrogen-bond donors (Lipinski definition) is 0. The lowest BCUT2D eigenvalue weighted by Gasteiger charge is -2.30. The van der Waals surface area contributed by atoms with Crippen molar-refractivity contribution in [3.05, 3.63) is 59.7 Å². The van der Waals surface area contributed by atoms with Gasteiger partial charge in [-0.2, -0.15) is 0 Å². The third-order valence-corrected chi connectivity index (χ3v) is 5.01. The van der Waals surface area contributed by atoms with Crippen molar-refractivity contribution in [2.24, 2.45) is 0 Å². The van der Waals surface area contributed by atoms with Crippen LogP contribution in [0.5, 0.6) is 0 Å². The fourth-order valence-corrected chi connectivity index (χ4v) is 3.34. The summed E-state index contributed by atoms with van der Waals surface area (Å²) in [5.74, 6) is 0. The van der Waals surface area contributed by atoms with E-state index in [4.69, 9.17) is 9.47 Å². The zero-order valence-electron chi connectivity index (χ0n) is 15.5. The van der Waals surface area contributed by atoms with E-state index in [1.165, 1.54) is 47.9 Å². The molecule has 2 unspecified atom stereocenters. The highest BCUT2D eigenvalue weighted by Gasteiger charge is 2.23. The molecular formula is C23H30O2. The van der Waals surface area contributed by atoms with Gasteiger partial charge in [0.05, 0.1) is 19.3 Å². The lowest BCUT2D eigenvalue weighted by molar-refractivity contribution is -0.137. The second-order valence-corrected chi connectivity index (χ2v) is 7.11. The van der Waals surface area contributed by atoms with Crippen molar-refractivity contribution in [2.45, 2.75) is 58.2 Å². The molecule has 2 heteroatoms. The second kappa shape index (κ2) is 9.17. The summed E-state index contributed by atoms with van der Waals surface area (Å²) in [6, 6.07) is 17.4. The number of benzene rings is 2. The maximum Gasteiger partial charge on any atom is 0.106 e. The van der Waals surface area contributed by atoms with E-state index in [2.05, 4.69) is 62.4 Å². The lowest BCUT2D eigenvalue weighted by atomic mass is 10.0. The minimum atomic E-state index is 0.0685. The van der Waals surface area contributed by atoms with Gasteiger partial charge in [0.2, 0.25) is 0 Å². The molecule has 2 aromatic rings. The van der Waals surface area contributed by atoms with Gasteiger partial charge >= 0.3 is 0 Å². The van der Waals surface area contributed by atoms with Crippen molar-refractivity contribution in [3.63, 3.8) is 0 Å². The third-order valence-electron chi connectivity index (χ3n) is 5.01. The monoisotopic (exact) mass is 338 g/mol. The Morgan fingerprint density at radius 3 is 2.08 bits per heavy atom. The van der Waals surface area contributed by atoms with Gasteiger partial charge in [0, 0.05) is 0 Å². The molecule has 25 heavy (non-hydrogen) atoms. The summed E-state index contributed by atoms with van der Waals surface area (Å²) in [5, 5.41) is 0. The Morgan fingerprint density at radius 1 is 0.800 bits per heavy atom. The topological polar surface area (TPSA) is 18.5 Å². The van der Waals surface area contributed by atoms with E-state index in [0.29, 0.717) is 6.61 Å². The van der Waals surface area contributed by atoms with Crippen molar-refractivity contribution >= 4 is 0 Å². The molecule has 1 fully saturated rings. The Bertz CT molecular complexity index is 622. The molecule has 3 rings (SSSR count). The fraction of sp³-hybridized carbons (Fsp3) is 0.478. The fourth-order valence-electron chi connectivity index (χ4n) is 3.34. The zero-order valence-corrected chi connectivity index (χ0v) is 15.5. The molecule has 0 N–H and O–H groups in total. The first-order chi connectivity index (χ1) is 12.3. The Morgan fingerprint density at radius 2 is 1.48 bits per heavy atom. The summed E-state index contributed by atoms with van der Waals surface area (Å²) in [7, 11) is 0. The summed E-state index contributed by atoms with van der Waals surface area (Å²) >= 11 is 0. The molecule has 2 atom stereocenters. The van der Waals surface area contributed by atoms with Crippen LogP contribution in [0.4, 0.5) is 0 Å². The quantitative estimate of drug-likeness (QED) is 0.569. The van der Waals surface area contributed by atoms with E-state index >= 15 is 0 Å². The minimum absolute atomic E-state index is 0.0685. The third kappa shape index (κ3) is 5.17. The first-order valence-electron chi connectivity index (χ1n) is 9.66. The van der Waals surface area contributed by atoms with Crippen LogP contribution >= 0.6 is 0 Å². The first kappa shape index (κ1) is 18.2. The van der Waals surface area contributed by atoms with Gasteiger partial charge in [-0.3, -0.25) is 0 Å². The smallest absolute Gasteiger partial charge is 0.106 e. The van der Waals surface area contributed by atoms with Crippen LogP contribution in [0.3, 0.4) is 0 Å². The average molecular weight is 338 g/mol. The zero-order chi connectivity index (χ0) is 17.5. The number of rotatable bonds is 7. The van der Waals surface area contributed by atoms with Crippen molar-refractivity contribution in [2.75, 3.05) is 13.2 Å². The predicted molar refractivity (Wildman–Crippen MR) is 104 cm³/mol. The van der Waals surface area contributed by atoms with Gasteiger partial charge in [-0.05, 0) is 30.0 Å². The SMILES string of the molecule is CCCCCCC1COC(c2ccc(-c3ccc(C)cc3)cc2)CO1. The van der Waals surface area contributed by atoms with Crippen LogP contribution in [0, 0.1) is 6.92 Å². The summed E-state index contributed by atoms with van der Waals surface area (Å²) in [6.07, 6.45) is 6.63. The molecular weight excluding hydrogens is 308 g/mol. The highest BCUT2D eigenvalue weighted by molar-refractivity contribution is 5.64. The number of ether oxygens (including phenoxy) is 2. The number of unbranched alkanes of at least 4 members (excludes halogenated alkanes) is 3. The van der Waals surface area contributed by atoms with Gasteiger partial charge in [0.1, 0.15) is 6.10 Å². The van der Waals surface area contributed by atoms with E-state index in [9.17, 15) is 0 Å². The summed E-state index contributed by atoms with van der Waals surface area (Å²) in [5.41, 5.74) is 5.00. The van der Waals surface area contributed by atoms with Gasteiger partial charge in [-0.1, -0.05) is 86.7 Å². The lowest BCUT2D eigenvalue weighted by Crippen LogP contribution is -2.31. The summed E-state index contributed by atoms with van der Waals surface area (Å²) in [6.45, 7) is 5.75. The minimum Gasteiger partial charge on any atom is -0.373 e. The normalized spacial score (nSPS) is 20.6. The molecule has 2 nitrogen and oxygen atoms in total. The summed E-state index contributed by atoms with van der Waals surface area (Å²) in [4.78, 5) is 0. The molecule has 0 bridgehead atoms. The molecule has 1 heterocycles. The van der Waals surface area contributed by atoms with E-state index in [-0.39, 0.29) is 12.2 Å². The standard InChI is InChI=1S/C23H30O2/c1-3-4-5-6-7-22-16-25-23(17-24-22)21-14-12-20(13-15-21)19-10-8-18(2)9-11-19/h8-15,22-23H,3-7,16-17H2,1-2H3. The predicted octanol–water partition coefficient (Wildman–Crippen LogP) is 6.09. The van der Waals surface area contributed by atoms with Crippen molar-refractivity contribution in [1.29, 1.82) is 0 Å². The van der Waals surface area contributed by atoms with E-state index in [0.717, 1.165) is 13.0 Å².